The van der Waals surface area contributed by atoms with Gasteiger partial charge in [0.25, 0.3) is 0 Å². The number of carbonyl (C=O) groups excluding carboxylic acids is 1. The first-order valence-corrected chi connectivity index (χ1v) is 13.0. The van der Waals surface area contributed by atoms with Crippen molar-refractivity contribution in [2.45, 2.75) is 51.9 Å². The molecule has 2 aliphatic rings. The number of hydrogen-bond donors (Lipinski definition) is 0. The zero-order chi connectivity index (χ0) is 25.3. The van der Waals surface area contributed by atoms with Crippen LogP contribution < -0.4 is 0 Å². The van der Waals surface area contributed by atoms with Crippen LogP contribution in [0.15, 0.2) is 36.7 Å². The Morgan fingerprint density at radius 1 is 1.06 bits per heavy atom. The molecule has 4 heterocycles. The molecule has 2 aromatic heterocycles. The van der Waals surface area contributed by atoms with E-state index < -0.39 is 5.67 Å². The van der Waals surface area contributed by atoms with Crippen LogP contribution in [0.5, 0.6) is 0 Å². The molecule has 0 saturated carbocycles. The molecule has 0 amide bonds. The van der Waals surface area contributed by atoms with Gasteiger partial charge in [-0.25, -0.2) is 8.78 Å². The lowest BCUT2D eigenvalue weighted by Gasteiger charge is -2.36. The lowest BCUT2D eigenvalue weighted by Crippen LogP contribution is -2.47. The number of benzene rings is 1. The van der Waals surface area contributed by atoms with Crippen molar-refractivity contribution < 1.29 is 13.6 Å². The van der Waals surface area contributed by atoms with E-state index in [9.17, 15) is 9.18 Å². The van der Waals surface area contributed by atoms with Gasteiger partial charge in [0.2, 0.25) is 0 Å². The maximum absolute atomic E-state index is 15.5. The summed E-state index contributed by atoms with van der Waals surface area (Å²) in [6.45, 7) is 8.77. The van der Waals surface area contributed by atoms with Gasteiger partial charge in [0.05, 0.1) is 24.9 Å². The Morgan fingerprint density at radius 3 is 2.61 bits per heavy atom. The minimum atomic E-state index is -1.77. The highest BCUT2D eigenvalue weighted by atomic mass is 19.1. The standard InChI is InChI=1S/C28H35F2N5O/c1-20(2)18-33-8-5-28(30,6-9-33)27(36)15-24-14-23-13-21(3-4-22(23)16-31-24)25-17-32-35-12-11-34(10-7-29)19-26(25)35/h3-4,13-14,16-17,20H,5-12,15,18-19H2,1-2H3. The summed E-state index contributed by atoms with van der Waals surface area (Å²) in [6.07, 6.45) is 4.14. The summed E-state index contributed by atoms with van der Waals surface area (Å²) in [5.74, 6) is 0.162. The monoisotopic (exact) mass is 495 g/mol. The molecule has 0 N–H and O–H groups in total. The van der Waals surface area contributed by atoms with Gasteiger partial charge in [-0.2, -0.15) is 5.10 Å². The molecule has 36 heavy (non-hydrogen) atoms. The second-order valence-electron chi connectivity index (χ2n) is 10.7. The lowest BCUT2D eigenvalue weighted by molar-refractivity contribution is -0.133. The summed E-state index contributed by atoms with van der Waals surface area (Å²) in [5.41, 5.74) is 1.97. The molecule has 5 rings (SSSR count). The Labute approximate surface area is 211 Å². The number of aromatic nitrogens is 3. The van der Waals surface area contributed by atoms with Crippen molar-refractivity contribution in [2.75, 3.05) is 39.4 Å². The minimum absolute atomic E-state index is 0.00220. The largest absolute Gasteiger partial charge is 0.303 e. The van der Waals surface area contributed by atoms with Crippen LogP contribution in [0.2, 0.25) is 0 Å². The number of piperidine rings is 1. The van der Waals surface area contributed by atoms with E-state index in [0.29, 0.717) is 37.8 Å². The van der Waals surface area contributed by atoms with Gasteiger partial charge in [0.1, 0.15) is 6.67 Å². The molecule has 0 atom stereocenters. The first-order valence-electron chi connectivity index (χ1n) is 13.0. The summed E-state index contributed by atoms with van der Waals surface area (Å²) in [4.78, 5) is 21.8. The Morgan fingerprint density at radius 2 is 1.86 bits per heavy atom. The van der Waals surface area contributed by atoms with E-state index in [-0.39, 0.29) is 31.7 Å². The summed E-state index contributed by atoms with van der Waals surface area (Å²) in [6, 6.07) is 8.03. The number of ketones is 1. The molecule has 6 nitrogen and oxygen atoms in total. The Balaban J connectivity index is 1.33. The van der Waals surface area contributed by atoms with Crippen LogP contribution in [0.4, 0.5) is 8.78 Å². The van der Waals surface area contributed by atoms with E-state index in [2.05, 4.69) is 39.8 Å². The van der Waals surface area contributed by atoms with E-state index in [0.717, 1.165) is 47.2 Å². The van der Waals surface area contributed by atoms with Crippen molar-refractivity contribution in [1.29, 1.82) is 0 Å². The average molecular weight is 496 g/mol. The molecule has 3 aromatic rings. The van der Waals surface area contributed by atoms with Gasteiger partial charge in [-0.3, -0.25) is 19.4 Å². The topological polar surface area (TPSA) is 54.3 Å². The SMILES string of the molecule is CC(C)CN1CCC(F)(C(=O)Cc2cc3cc(-c4cnn5c4CN(CCF)CC5)ccc3cn2)CC1. The number of likely N-dealkylation sites (tertiary alicyclic amines) is 1. The predicted molar refractivity (Wildman–Crippen MR) is 137 cm³/mol. The normalized spacial score (nSPS) is 18.6. The van der Waals surface area contributed by atoms with Gasteiger partial charge in [0.15, 0.2) is 11.5 Å². The van der Waals surface area contributed by atoms with Crippen molar-refractivity contribution in [2.24, 2.45) is 5.92 Å². The molecule has 8 heteroatoms. The maximum Gasteiger partial charge on any atom is 0.175 e. The minimum Gasteiger partial charge on any atom is -0.303 e. The maximum atomic E-state index is 15.5. The highest BCUT2D eigenvalue weighted by molar-refractivity contribution is 5.91. The van der Waals surface area contributed by atoms with E-state index in [1.165, 1.54) is 0 Å². The van der Waals surface area contributed by atoms with Gasteiger partial charge >= 0.3 is 0 Å². The van der Waals surface area contributed by atoms with Crippen molar-refractivity contribution in [3.05, 3.63) is 48.0 Å². The van der Waals surface area contributed by atoms with E-state index in [4.69, 9.17) is 0 Å². The quantitative estimate of drug-likeness (QED) is 0.462. The number of pyridine rings is 1. The van der Waals surface area contributed by atoms with Crippen LogP contribution in [0.3, 0.4) is 0 Å². The molecule has 1 fully saturated rings. The molecule has 1 saturated heterocycles. The Bertz CT molecular complexity index is 1230. The molecule has 2 aliphatic heterocycles. The van der Waals surface area contributed by atoms with Crippen molar-refractivity contribution in [3.8, 4) is 11.1 Å². The lowest BCUT2D eigenvalue weighted by atomic mass is 9.86. The van der Waals surface area contributed by atoms with Gasteiger partial charge < -0.3 is 4.90 Å². The summed E-state index contributed by atoms with van der Waals surface area (Å²) >= 11 is 0. The van der Waals surface area contributed by atoms with Crippen LogP contribution in [0.25, 0.3) is 21.9 Å². The fourth-order valence-corrected chi connectivity index (χ4v) is 5.51. The number of alkyl halides is 2. The molecular formula is C28H35F2N5O. The fourth-order valence-electron chi connectivity index (χ4n) is 5.51. The van der Waals surface area contributed by atoms with Crippen molar-refractivity contribution in [1.82, 2.24) is 24.6 Å². The molecule has 0 radical (unpaired) electrons. The van der Waals surface area contributed by atoms with Crippen LogP contribution >= 0.6 is 0 Å². The van der Waals surface area contributed by atoms with E-state index >= 15 is 4.39 Å². The summed E-state index contributed by atoms with van der Waals surface area (Å²) in [5, 5.41) is 6.46. The van der Waals surface area contributed by atoms with Gasteiger partial charge in [-0.1, -0.05) is 26.0 Å². The van der Waals surface area contributed by atoms with E-state index in [1.54, 1.807) is 6.20 Å². The zero-order valence-electron chi connectivity index (χ0n) is 21.2. The number of nitrogens with zero attached hydrogens (tertiary/aromatic N) is 5. The second kappa shape index (κ2) is 10.3. The fraction of sp³-hybridized carbons (Fsp3) is 0.536. The smallest absolute Gasteiger partial charge is 0.175 e. The van der Waals surface area contributed by atoms with Crippen molar-refractivity contribution in [3.63, 3.8) is 0 Å². The van der Waals surface area contributed by atoms with Crippen molar-refractivity contribution >= 4 is 16.6 Å². The second-order valence-corrected chi connectivity index (χ2v) is 10.7. The molecule has 0 bridgehead atoms. The predicted octanol–water partition coefficient (Wildman–Crippen LogP) is 4.46. The highest BCUT2D eigenvalue weighted by Gasteiger charge is 2.41. The van der Waals surface area contributed by atoms with E-state index in [1.807, 2.05) is 29.1 Å². The molecule has 192 valence electrons. The number of carbonyl (C=O) groups is 1. The molecule has 0 unspecified atom stereocenters. The Kier molecular flexibility index (Phi) is 7.17. The number of Topliss-reactive ketones (excluding diaryl/α,β-unsaturated/α-hetero) is 1. The number of halogens is 2. The van der Waals surface area contributed by atoms with Crippen LogP contribution in [0.1, 0.15) is 38.1 Å². The third-order valence-electron chi connectivity index (χ3n) is 7.55. The number of rotatable bonds is 8. The van der Waals surface area contributed by atoms with Gasteiger partial charge in [-0.05, 0) is 29.0 Å². The first-order chi connectivity index (χ1) is 17.3. The molecule has 1 aromatic carbocycles. The average Bonchev–Trinajstić information content (AvgIpc) is 3.28. The number of fused-ring (bicyclic) bond motifs is 2. The van der Waals surface area contributed by atoms with Gasteiger partial charge in [-0.15, -0.1) is 0 Å². The summed E-state index contributed by atoms with van der Waals surface area (Å²) < 4.78 is 30.4. The molecular weight excluding hydrogens is 460 g/mol. The zero-order valence-corrected chi connectivity index (χ0v) is 21.2. The Hall–Kier alpha value is -2.71. The molecule has 0 aliphatic carbocycles. The van der Waals surface area contributed by atoms with Crippen LogP contribution in [-0.2, 0) is 24.3 Å². The molecule has 0 spiro atoms. The van der Waals surface area contributed by atoms with Gasteiger partial charge in [0, 0.05) is 75.0 Å². The van der Waals surface area contributed by atoms with Crippen LogP contribution in [-0.4, -0.2) is 75.4 Å². The number of hydrogen-bond acceptors (Lipinski definition) is 5. The van der Waals surface area contributed by atoms with Crippen LogP contribution in [0, 0.1) is 5.92 Å². The highest BCUT2D eigenvalue weighted by Crippen LogP contribution is 2.31. The third-order valence-corrected chi connectivity index (χ3v) is 7.55. The first kappa shape index (κ1) is 25.0. The summed E-state index contributed by atoms with van der Waals surface area (Å²) in [7, 11) is 0. The third kappa shape index (κ3) is 5.20.